The first-order valence-electron chi connectivity index (χ1n) is 4.40. The summed E-state index contributed by atoms with van der Waals surface area (Å²) >= 11 is 0. The standard InChI is InChI=1S/C8H12N4O2/c13-7-1-6(11-5-12-7)10-4-8(14)2-9-3-8/h1,5,9,14H,2-4H2,(H2,10,11,12,13). The maximum Gasteiger partial charge on any atom is 0.252 e. The molecular weight excluding hydrogens is 184 g/mol. The van der Waals surface area contributed by atoms with Crippen LogP contribution >= 0.6 is 0 Å². The van der Waals surface area contributed by atoms with Crippen molar-refractivity contribution in [1.82, 2.24) is 15.3 Å². The van der Waals surface area contributed by atoms with E-state index >= 15 is 0 Å². The Hall–Kier alpha value is -1.40. The minimum absolute atomic E-state index is 0.207. The van der Waals surface area contributed by atoms with Crippen molar-refractivity contribution < 1.29 is 5.11 Å². The smallest absolute Gasteiger partial charge is 0.252 e. The average Bonchev–Trinajstić information content (AvgIpc) is 2.12. The normalized spacial score (nSPS) is 18.6. The van der Waals surface area contributed by atoms with Gasteiger partial charge in [-0.1, -0.05) is 0 Å². The van der Waals surface area contributed by atoms with Crippen LogP contribution in [0.15, 0.2) is 17.2 Å². The first-order valence-corrected chi connectivity index (χ1v) is 4.40. The molecule has 76 valence electrons. The van der Waals surface area contributed by atoms with Crippen LogP contribution < -0.4 is 16.2 Å². The van der Waals surface area contributed by atoms with E-state index in [1.165, 1.54) is 12.4 Å². The van der Waals surface area contributed by atoms with E-state index in [4.69, 9.17) is 0 Å². The number of nitrogens with zero attached hydrogens (tertiary/aromatic N) is 1. The van der Waals surface area contributed by atoms with Crippen molar-refractivity contribution in [2.24, 2.45) is 0 Å². The summed E-state index contributed by atoms with van der Waals surface area (Å²) < 4.78 is 0. The number of rotatable bonds is 3. The summed E-state index contributed by atoms with van der Waals surface area (Å²) in [5.41, 5.74) is -0.911. The summed E-state index contributed by atoms with van der Waals surface area (Å²) in [6, 6.07) is 1.36. The second-order valence-electron chi connectivity index (χ2n) is 3.48. The Morgan fingerprint density at radius 3 is 3.00 bits per heavy atom. The second kappa shape index (κ2) is 3.39. The molecule has 6 heteroatoms. The van der Waals surface area contributed by atoms with Gasteiger partial charge >= 0.3 is 0 Å². The molecule has 1 fully saturated rings. The van der Waals surface area contributed by atoms with E-state index in [1.807, 2.05) is 0 Å². The third kappa shape index (κ3) is 1.91. The molecule has 0 saturated carbocycles. The Bertz CT molecular complexity index is 372. The van der Waals surface area contributed by atoms with Gasteiger partial charge < -0.3 is 20.7 Å². The van der Waals surface area contributed by atoms with Gasteiger partial charge in [0.1, 0.15) is 11.4 Å². The zero-order valence-corrected chi connectivity index (χ0v) is 7.58. The first kappa shape index (κ1) is 9.17. The molecule has 1 aromatic rings. The van der Waals surface area contributed by atoms with E-state index in [1.54, 1.807) is 0 Å². The Kier molecular flexibility index (Phi) is 2.22. The Labute approximate surface area is 80.4 Å². The van der Waals surface area contributed by atoms with E-state index in [0.717, 1.165) is 0 Å². The number of hydrogen-bond acceptors (Lipinski definition) is 5. The predicted molar refractivity (Wildman–Crippen MR) is 51.2 cm³/mol. The van der Waals surface area contributed by atoms with Crippen LogP contribution in [0.2, 0.25) is 0 Å². The fourth-order valence-corrected chi connectivity index (χ4v) is 1.26. The molecule has 0 unspecified atom stereocenters. The molecule has 1 aliphatic heterocycles. The lowest BCUT2D eigenvalue weighted by Crippen LogP contribution is -2.63. The number of aromatic amines is 1. The molecule has 6 nitrogen and oxygen atoms in total. The second-order valence-corrected chi connectivity index (χ2v) is 3.48. The number of hydrogen-bond donors (Lipinski definition) is 4. The van der Waals surface area contributed by atoms with Gasteiger partial charge in [0.05, 0.1) is 6.33 Å². The number of H-pyrrole nitrogens is 1. The van der Waals surface area contributed by atoms with Gasteiger partial charge in [0.2, 0.25) is 0 Å². The summed E-state index contributed by atoms with van der Waals surface area (Å²) in [4.78, 5) is 17.2. The molecule has 0 aliphatic carbocycles. The van der Waals surface area contributed by atoms with Crippen molar-refractivity contribution in [3.63, 3.8) is 0 Å². The highest BCUT2D eigenvalue weighted by atomic mass is 16.3. The van der Waals surface area contributed by atoms with Crippen LogP contribution in [-0.4, -0.2) is 40.3 Å². The monoisotopic (exact) mass is 196 g/mol. The molecule has 1 saturated heterocycles. The van der Waals surface area contributed by atoms with Crippen molar-refractivity contribution >= 4 is 5.82 Å². The van der Waals surface area contributed by atoms with E-state index in [0.29, 0.717) is 25.5 Å². The number of nitrogens with one attached hydrogen (secondary N) is 3. The summed E-state index contributed by atoms with van der Waals surface area (Å²) in [7, 11) is 0. The highest BCUT2D eigenvalue weighted by Gasteiger charge is 2.33. The number of aromatic nitrogens is 2. The van der Waals surface area contributed by atoms with Gasteiger partial charge in [0.25, 0.3) is 5.56 Å². The molecule has 14 heavy (non-hydrogen) atoms. The first-order chi connectivity index (χ1) is 6.68. The molecule has 0 aromatic carbocycles. The van der Waals surface area contributed by atoms with Crippen LogP contribution in [0.4, 0.5) is 5.82 Å². The molecule has 1 aromatic heterocycles. The van der Waals surface area contributed by atoms with Crippen LogP contribution in [0.1, 0.15) is 0 Å². The van der Waals surface area contributed by atoms with Gasteiger partial charge in [-0.3, -0.25) is 4.79 Å². The van der Waals surface area contributed by atoms with Gasteiger partial charge in [-0.15, -0.1) is 0 Å². The lowest BCUT2D eigenvalue weighted by Gasteiger charge is -2.37. The molecule has 0 bridgehead atoms. The van der Waals surface area contributed by atoms with E-state index in [9.17, 15) is 9.90 Å². The summed E-state index contributed by atoms with van der Waals surface area (Å²) in [6.45, 7) is 1.54. The van der Waals surface area contributed by atoms with Gasteiger partial charge in [-0.2, -0.15) is 0 Å². The van der Waals surface area contributed by atoms with E-state index in [2.05, 4.69) is 20.6 Å². The predicted octanol–water partition coefficient (Wildman–Crippen LogP) is -1.48. The number of β-amino-alcohol motifs (C(OH)–C–C–N with tert-alkyl or cyclic N) is 1. The van der Waals surface area contributed by atoms with Crippen LogP contribution in [0, 0.1) is 0 Å². The van der Waals surface area contributed by atoms with Crippen LogP contribution in [0.25, 0.3) is 0 Å². The number of anilines is 1. The molecule has 2 heterocycles. The third-order valence-electron chi connectivity index (χ3n) is 2.18. The van der Waals surface area contributed by atoms with Crippen molar-refractivity contribution in [3.05, 3.63) is 22.7 Å². The quantitative estimate of drug-likeness (QED) is 0.473. The average molecular weight is 196 g/mol. The molecule has 0 spiro atoms. The Balaban J connectivity index is 1.94. The lowest BCUT2D eigenvalue weighted by atomic mass is 9.97. The largest absolute Gasteiger partial charge is 0.385 e. The summed E-state index contributed by atoms with van der Waals surface area (Å²) in [5.74, 6) is 0.481. The maximum absolute atomic E-state index is 10.9. The molecule has 1 aliphatic rings. The highest BCUT2D eigenvalue weighted by molar-refractivity contribution is 5.32. The van der Waals surface area contributed by atoms with Crippen molar-refractivity contribution in [3.8, 4) is 0 Å². The van der Waals surface area contributed by atoms with Crippen molar-refractivity contribution in [2.45, 2.75) is 5.60 Å². The maximum atomic E-state index is 10.9. The third-order valence-corrected chi connectivity index (χ3v) is 2.18. The minimum atomic E-state index is -0.704. The van der Waals surface area contributed by atoms with Gasteiger partial charge in [-0.25, -0.2) is 4.98 Å². The summed E-state index contributed by atoms with van der Waals surface area (Å²) in [5, 5.41) is 15.6. The topological polar surface area (TPSA) is 90.0 Å². The van der Waals surface area contributed by atoms with Gasteiger partial charge in [0.15, 0.2) is 0 Å². The van der Waals surface area contributed by atoms with Gasteiger partial charge in [0, 0.05) is 25.7 Å². The lowest BCUT2D eigenvalue weighted by molar-refractivity contribution is 0.00306. The molecule has 0 radical (unpaired) electrons. The zero-order valence-electron chi connectivity index (χ0n) is 7.58. The van der Waals surface area contributed by atoms with Crippen LogP contribution in [0.3, 0.4) is 0 Å². The summed E-state index contributed by atoms with van der Waals surface area (Å²) in [6.07, 6.45) is 1.33. The van der Waals surface area contributed by atoms with Crippen LogP contribution in [-0.2, 0) is 0 Å². The van der Waals surface area contributed by atoms with Crippen molar-refractivity contribution in [1.29, 1.82) is 0 Å². The van der Waals surface area contributed by atoms with Gasteiger partial charge in [-0.05, 0) is 0 Å². The van der Waals surface area contributed by atoms with E-state index < -0.39 is 5.60 Å². The number of aliphatic hydroxyl groups is 1. The van der Waals surface area contributed by atoms with Crippen molar-refractivity contribution in [2.75, 3.05) is 25.0 Å². The Morgan fingerprint density at radius 1 is 1.64 bits per heavy atom. The molecule has 0 atom stereocenters. The SMILES string of the molecule is O=c1cc(NCC2(O)CNC2)nc[nH]1. The highest BCUT2D eigenvalue weighted by Crippen LogP contribution is 2.10. The van der Waals surface area contributed by atoms with Crippen LogP contribution in [0.5, 0.6) is 0 Å². The molecular formula is C8H12N4O2. The zero-order chi connectivity index (χ0) is 10.0. The fraction of sp³-hybridized carbons (Fsp3) is 0.500. The van der Waals surface area contributed by atoms with E-state index in [-0.39, 0.29) is 5.56 Å². The molecule has 0 amide bonds. The molecule has 4 N–H and O–H groups in total. The minimum Gasteiger partial charge on any atom is -0.385 e. The molecule has 2 rings (SSSR count). The fourth-order valence-electron chi connectivity index (χ4n) is 1.26. The Morgan fingerprint density at radius 2 is 2.43 bits per heavy atom.